The molecule has 0 saturated heterocycles. The monoisotopic (exact) mass is 286 g/mol. The van der Waals surface area contributed by atoms with Crippen LogP contribution in [-0.4, -0.2) is 31.4 Å². The standard InChI is InChI=1S/C11H14N2O5S/c1-7-2-4-8(5-3-7)19(17,18)13-9(11(12)16)6-10(14)15/h2-5,9,13H,6H2,1H3,(H2,12,16)(H,14,15). The molecule has 1 unspecified atom stereocenters. The average Bonchev–Trinajstić information content (AvgIpc) is 2.27. The number of aliphatic carboxylic acids is 1. The molecule has 0 aromatic heterocycles. The van der Waals surface area contributed by atoms with E-state index in [2.05, 4.69) is 0 Å². The Bertz CT molecular complexity index is 580. The smallest absolute Gasteiger partial charge is 0.305 e. The van der Waals surface area contributed by atoms with Crippen molar-refractivity contribution in [2.24, 2.45) is 5.73 Å². The van der Waals surface area contributed by atoms with E-state index < -0.39 is 34.4 Å². The van der Waals surface area contributed by atoms with Gasteiger partial charge in [-0.2, -0.15) is 4.72 Å². The topological polar surface area (TPSA) is 127 Å². The molecule has 0 aliphatic rings. The van der Waals surface area contributed by atoms with E-state index in [0.717, 1.165) is 5.56 Å². The van der Waals surface area contributed by atoms with E-state index in [-0.39, 0.29) is 4.90 Å². The predicted molar refractivity (Wildman–Crippen MR) is 66.7 cm³/mol. The number of hydrogen-bond acceptors (Lipinski definition) is 4. The summed E-state index contributed by atoms with van der Waals surface area (Å²) in [5, 5.41) is 8.59. The van der Waals surface area contributed by atoms with Gasteiger partial charge in [-0.3, -0.25) is 9.59 Å². The molecule has 1 aromatic rings. The fourth-order valence-electron chi connectivity index (χ4n) is 1.35. The third-order valence-electron chi connectivity index (χ3n) is 2.35. The zero-order valence-electron chi connectivity index (χ0n) is 10.2. The van der Waals surface area contributed by atoms with Crippen LogP contribution in [0.2, 0.25) is 0 Å². The average molecular weight is 286 g/mol. The molecule has 104 valence electrons. The number of hydrogen-bond donors (Lipinski definition) is 3. The minimum atomic E-state index is -3.98. The van der Waals surface area contributed by atoms with Gasteiger partial charge >= 0.3 is 5.97 Å². The van der Waals surface area contributed by atoms with Gasteiger partial charge in [0.2, 0.25) is 15.9 Å². The minimum absolute atomic E-state index is 0.0604. The third-order valence-corrected chi connectivity index (χ3v) is 3.84. The zero-order valence-corrected chi connectivity index (χ0v) is 11.0. The molecule has 7 nitrogen and oxygen atoms in total. The predicted octanol–water partition coefficient (Wildman–Crippen LogP) is -0.398. The van der Waals surface area contributed by atoms with E-state index in [9.17, 15) is 18.0 Å². The molecule has 8 heteroatoms. The molecule has 0 heterocycles. The number of aryl methyl sites for hydroxylation is 1. The van der Waals surface area contributed by atoms with Gasteiger partial charge < -0.3 is 10.8 Å². The van der Waals surface area contributed by atoms with Gasteiger partial charge in [-0.1, -0.05) is 17.7 Å². The second-order valence-electron chi connectivity index (χ2n) is 3.99. The molecule has 0 aliphatic heterocycles. The lowest BCUT2D eigenvalue weighted by Crippen LogP contribution is -2.45. The van der Waals surface area contributed by atoms with E-state index in [0.29, 0.717) is 0 Å². The number of carbonyl (C=O) groups is 2. The molecule has 1 amide bonds. The molecule has 4 N–H and O–H groups in total. The third kappa shape index (κ3) is 4.34. The van der Waals surface area contributed by atoms with Crippen LogP contribution in [0.4, 0.5) is 0 Å². The van der Waals surface area contributed by atoms with Crippen LogP contribution in [0.25, 0.3) is 0 Å². The number of primary amides is 1. The largest absolute Gasteiger partial charge is 0.481 e. The summed E-state index contributed by atoms with van der Waals surface area (Å²) in [6, 6.07) is 4.41. The molecule has 0 spiro atoms. The lowest BCUT2D eigenvalue weighted by atomic mass is 10.2. The number of benzene rings is 1. The van der Waals surface area contributed by atoms with Crippen LogP contribution in [0.1, 0.15) is 12.0 Å². The van der Waals surface area contributed by atoms with E-state index >= 15 is 0 Å². The Morgan fingerprint density at radius 1 is 1.32 bits per heavy atom. The highest BCUT2D eigenvalue weighted by molar-refractivity contribution is 7.89. The van der Waals surface area contributed by atoms with Crippen molar-refractivity contribution < 1.29 is 23.1 Å². The van der Waals surface area contributed by atoms with Crippen molar-refractivity contribution in [3.05, 3.63) is 29.8 Å². The van der Waals surface area contributed by atoms with Crippen molar-refractivity contribution in [2.45, 2.75) is 24.3 Å². The fourth-order valence-corrected chi connectivity index (χ4v) is 2.55. The fraction of sp³-hybridized carbons (Fsp3) is 0.273. The molecule has 0 radical (unpaired) electrons. The van der Waals surface area contributed by atoms with Crippen LogP contribution in [0.5, 0.6) is 0 Å². The maximum absolute atomic E-state index is 11.9. The van der Waals surface area contributed by atoms with Gasteiger partial charge in [0.25, 0.3) is 0 Å². The van der Waals surface area contributed by atoms with Gasteiger partial charge in [-0.15, -0.1) is 0 Å². The zero-order chi connectivity index (χ0) is 14.6. The first-order valence-electron chi connectivity index (χ1n) is 5.32. The van der Waals surface area contributed by atoms with E-state index in [1.165, 1.54) is 12.1 Å². The van der Waals surface area contributed by atoms with E-state index in [4.69, 9.17) is 10.8 Å². The van der Waals surface area contributed by atoms with Crippen LogP contribution in [0.15, 0.2) is 29.2 Å². The Kier molecular flexibility index (Phi) is 4.62. The van der Waals surface area contributed by atoms with Crippen LogP contribution in [0.3, 0.4) is 0 Å². The quantitative estimate of drug-likeness (QED) is 0.656. The Morgan fingerprint density at radius 3 is 2.26 bits per heavy atom. The number of nitrogens with two attached hydrogens (primary N) is 1. The Hall–Kier alpha value is -1.93. The second kappa shape index (κ2) is 5.81. The number of sulfonamides is 1. The van der Waals surface area contributed by atoms with Gasteiger partial charge in [0.15, 0.2) is 0 Å². The molecule has 0 fully saturated rings. The Labute approximate surface area is 110 Å². The molecule has 19 heavy (non-hydrogen) atoms. The Balaban J connectivity index is 2.97. The summed E-state index contributed by atoms with van der Waals surface area (Å²) in [5.74, 6) is -2.37. The van der Waals surface area contributed by atoms with Crippen molar-refractivity contribution in [1.29, 1.82) is 0 Å². The minimum Gasteiger partial charge on any atom is -0.481 e. The van der Waals surface area contributed by atoms with Crippen molar-refractivity contribution >= 4 is 21.9 Å². The van der Waals surface area contributed by atoms with Gasteiger partial charge in [0, 0.05) is 0 Å². The SMILES string of the molecule is Cc1ccc(S(=O)(=O)NC(CC(=O)O)C(N)=O)cc1. The van der Waals surface area contributed by atoms with Crippen LogP contribution < -0.4 is 10.5 Å². The summed E-state index contributed by atoms with van der Waals surface area (Å²) in [6.07, 6.45) is -0.708. The van der Waals surface area contributed by atoms with E-state index in [1.807, 2.05) is 4.72 Å². The number of nitrogens with one attached hydrogen (secondary N) is 1. The number of amides is 1. The first kappa shape index (κ1) is 15.1. The molecule has 1 rings (SSSR count). The number of carbonyl (C=O) groups excluding carboxylic acids is 1. The van der Waals surface area contributed by atoms with Crippen molar-refractivity contribution in [3.8, 4) is 0 Å². The number of carboxylic acid groups (broad SMARTS) is 1. The summed E-state index contributed by atoms with van der Waals surface area (Å²) in [6.45, 7) is 1.79. The van der Waals surface area contributed by atoms with Crippen molar-refractivity contribution in [2.75, 3.05) is 0 Å². The Morgan fingerprint density at radius 2 is 1.84 bits per heavy atom. The molecule has 1 aromatic carbocycles. The second-order valence-corrected chi connectivity index (χ2v) is 5.70. The van der Waals surface area contributed by atoms with Crippen LogP contribution in [0, 0.1) is 6.92 Å². The lowest BCUT2D eigenvalue weighted by Gasteiger charge is -2.13. The summed E-state index contributed by atoms with van der Waals surface area (Å²) < 4.78 is 25.8. The number of rotatable bonds is 6. The van der Waals surface area contributed by atoms with Crippen molar-refractivity contribution in [3.63, 3.8) is 0 Å². The highest BCUT2D eigenvalue weighted by atomic mass is 32.2. The maximum atomic E-state index is 11.9. The first-order valence-corrected chi connectivity index (χ1v) is 6.81. The first-order chi connectivity index (χ1) is 8.72. The summed E-state index contributed by atoms with van der Waals surface area (Å²) in [5.41, 5.74) is 5.84. The summed E-state index contributed by atoms with van der Waals surface area (Å²) in [4.78, 5) is 21.5. The molecule has 0 aliphatic carbocycles. The highest BCUT2D eigenvalue weighted by Gasteiger charge is 2.26. The summed E-state index contributed by atoms with van der Waals surface area (Å²) >= 11 is 0. The van der Waals surface area contributed by atoms with Crippen LogP contribution in [-0.2, 0) is 19.6 Å². The highest BCUT2D eigenvalue weighted by Crippen LogP contribution is 2.11. The van der Waals surface area contributed by atoms with E-state index in [1.54, 1.807) is 19.1 Å². The molecular weight excluding hydrogens is 272 g/mol. The normalized spacial score (nSPS) is 12.9. The van der Waals surface area contributed by atoms with Gasteiger partial charge in [0.05, 0.1) is 11.3 Å². The van der Waals surface area contributed by atoms with Crippen LogP contribution >= 0.6 is 0 Å². The van der Waals surface area contributed by atoms with Gasteiger partial charge in [-0.05, 0) is 19.1 Å². The summed E-state index contributed by atoms with van der Waals surface area (Å²) in [7, 11) is -3.98. The molecule has 0 bridgehead atoms. The van der Waals surface area contributed by atoms with Crippen molar-refractivity contribution in [1.82, 2.24) is 4.72 Å². The molecule has 0 saturated carbocycles. The maximum Gasteiger partial charge on any atom is 0.305 e. The molecule has 1 atom stereocenters. The van der Waals surface area contributed by atoms with Gasteiger partial charge in [-0.25, -0.2) is 8.42 Å². The molecular formula is C11H14N2O5S. The van der Waals surface area contributed by atoms with Gasteiger partial charge in [0.1, 0.15) is 6.04 Å². The lowest BCUT2D eigenvalue weighted by molar-refractivity contribution is -0.139. The number of carboxylic acids is 1.